The van der Waals surface area contributed by atoms with Gasteiger partial charge >= 0.3 is 0 Å². The minimum absolute atomic E-state index is 0.370. The highest BCUT2D eigenvalue weighted by Gasteiger charge is 2.31. The molecule has 168 valence electrons. The molecule has 0 bridgehead atoms. The second-order valence-electron chi connectivity index (χ2n) is 8.29. The summed E-state index contributed by atoms with van der Waals surface area (Å²) in [7, 11) is -3.70. The maximum atomic E-state index is 13.4. The first kappa shape index (κ1) is 23.5. The van der Waals surface area contributed by atoms with Crippen LogP contribution in [0, 0.1) is 20.8 Å². The molecule has 0 spiro atoms. The van der Waals surface area contributed by atoms with Crippen molar-refractivity contribution in [3.8, 4) is 0 Å². The molecule has 1 amide bonds. The average Bonchev–Trinajstić information content (AvgIpc) is 2.75. The zero-order valence-electron chi connectivity index (χ0n) is 19.2. The lowest BCUT2D eigenvalue weighted by Gasteiger charge is -2.31. The zero-order chi connectivity index (χ0) is 23.5. The van der Waals surface area contributed by atoms with Gasteiger partial charge in [0.05, 0.1) is 18.0 Å². The van der Waals surface area contributed by atoms with Gasteiger partial charge < -0.3 is 5.32 Å². The fraction of sp³-hybridized carbons (Fsp3) is 0.269. The van der Waals surface area contributed by atoms with Crippen LogP contribution < -0.4 is 9.62 Å². The molecule has 0 aliphatic heterocycles. The minimum Gasteiger partial charge on any atom is -0.343 e. The van der Waals surface area contributed by atoms with Crippen LogP contribution in [-0.4, -0.2) is 26.6 Å². The Morgan fingerprint density at radius 3 is 2.00 bits per heavy atom. The highest BCUT2D eigenvalue weighted by atomic mass is 32.2. The molecule has 3 rings (SSSR count). The average molecular weight is 451 g/mol. The Balaban J connectivity index is 1.98. The molecule has 0 aromatic heterocycles. The Morgan fingerprint density at radius 2 is 1.41 bits per heavy atom. The molecule has 0 unspecified atom stereocenters. The summed E-state index contributed by atoms with van der Waals surface area (Å²) in [4.78, 5) is 13.4. The number of carbonyl (C=O) groups excluding carboxylic acids is 1. The monoisotopic (exact) mass is 450 g/mol. The van der Waals surface area contributed by atoms with Crippen molar-refractivity contribution >= 4 is 21.6 Å². The molecule has 2 atom stereocenters. The van der Waals surface area contributed by atoms with Crippen LogP contribution in [-0.2, 0) is 14.8 Å². The van der Waals surface area contributed by atoms with Crippen LogP contribution in [0.15, 0.2) is 72.8 Å². The SMILES string of the molecule is Cc1ccc([C@@H](NC(=O)[C@@H](C)N(c2cc(C)ccc2C)S(C)(=O)=O)c2ccccc2)cc1. The van der Waals surface area contributed by atoms with E-state index in [0.29, 0.717) is 5.69 Å². The van der Waals surface area contributed by atoms with Gasteiger partial charge in [0.15, 0.2) is 0 Å². The number of nitrogens with zero attached hydrogens (tertiary/aromatic N) is 1. The summed E-state index contributed by atoms with van der Waals surface area (Å²) >= 11 is 0. The number of hydrogen-bond donors (Lipinski definition) is 1. The number of hydrogen-bond acceptors (Lipinski definition) is 3. The van der Waals surface area contributed by atoms with Gasteiger partial charge in [0, 0.05) is 0 Å². The quantitative estimate of drug-likeness (QED) is 0.569. The first-order chi connectivity index (χ1) is 15.1. The van der Waals surface area contributed by atoms with Gasteiger partial charge in [-0.15, -0.1) is 0 Å². The van der Waals surface area contributed by atoms with E-state index in [1.807, 2.05) is 87.5 Å². The summed E-state index contributed by atoms with van der Waals surface area (Å²) in [5, 5.41) is 3.08. The van der Waals surface area contributed by atoms with Crippen molar-refractivity contribution < 1.29 is 13.2 Å². The number of sulfonamides is 1. The number of carbonyl (C=O) groups is 1. The van der Waals surface area contributed by atoms with Crippen LogP contribution in [0.1, 0.15) is 40.8 Å². The number of benzene rings is 3. The van der Waals surface area contributed by atoms with Gasteiger partial charge in [0.25, 0.3) is 0 Å². The van der Waals surface area contributed by atoms with Crippen LogP contribution >= 0.6 is 0 Å². The van der Waals surface area contributed by atoms with Crippen molar-refractivity contribution in [2.75, 3.05) is 10.6 Å². The van der Waals surface area contributed by atoms with E-state index in [2.05, 4.69) is 5.32 Å². The third-order valence-electron chi connectivity index (χ3n) is 5.52. The topological polar surface area (TPSA) is 66.5 Å². The second kappa shape index (κ2) is 9.57. The predicted molar refractivity (Wildman–Crippen MR) is 130 cm³/mol. The van der Waals surface area contributed by atoms with Crippen molar-refractivity contribution in [1.82, 2.24) is 5.32 Å². The molecule has 0 heterocycles. The van der Waals surface area contributed by atoms with Gasteiger partial charge in [0.1, 0.15) is 6.04 Å². The number of anilines is 1. The zero-order valence-corrected chi connectivity index (χ0v) is 20.0. The Bertz CT molecular complexity index is 1190. The number of aryl methyl sites for hydroxylation is 3. The largest absolute Gasteiger partial charge is 0.343 e. The van der Waals surface area contributed by atoms with E-state index in [1.54, 1.807) is 13.0 Å². The standard InChI is InChI=1S/C26H30N2O3S/c1-18-12-15-23(16-13-18)25(22-9-7-6-8-10-22)27-26(29)21(4)28(32(5,30)31)24-17-19(2)11-14-20(24)3/h6-17,21,25H,1-5H3,(H,27,29)/t21-,25+/m1/s1. The fourth-order valence-corrected chi connectivity index (χ4v) is 4.99. The molecule has 0 aliphatic carbocycles. The molecule has 6 heteroatoms. The molecular formula is C26H30N2O3S. The van der Waals surface area contributed by atoms with E-state index in [1.165, 1.54) is 4.31 Å². The van der Waals surface area contributed by atoms with E-state index in [-0.39, 0.29) is 5.91 Å². The first-order valence-electron chi connectivity index (χ1n) is 10.6. The van der Waals surface area contributed by atoms with Gasteiger partial charge in [-0.3, -0.25) is 9.10 Å². The molecule has 0 aliphatic rings. The molecule has 3 aromatic carbocycles. The van der Waals surface area contributed by atoms with Crippen LogP contribution in [0.4, 0.5) is 5.69 Å². The van der Waals surface area contributed by atoms with E-state index in [0.717, 1.165) is 34.1 Å². The summed E-state index contributed by atoms with van der Waals surface area (Å²) in [6.45, 7) is 7.37. The molecule has 3 aromatic rings. The molecule has 32 heavy (non-hydrogen) atoms. The summed E-state index contributed by atoms with van der Waals surface area (Å²) in [5.74, 6) is -0.370. The maximum Gasteiger partial charge on any atom is 0.244 e. The predicted octanol–water partition coefficient (Wildman–Crippen LogP) is 4.67. The Kier molecular flexibility index (Phi) is 7.04. The molecule has 5 nitrogen and oxygen atoms in total. The van der Waals surface area contributed by atoms with E-state index in [4.69, 9.17) is 0 Å². The van der Waals surface area contributed by atoms with E-state index >= 15 is 0 Å². The first-order valence-corrected chi connectivity index (χ1v) is 12.4. The summed E-state index contributed by atoms with van der Waals surface area (Å²) < 4.78 is 26.7. The van der Waals surface area contributed by atoms with Gasteiger partial charge in [-0.2, -0.15) is 0 Å². The van der Waals surface area contributed by atoms with Crippen molar-refractivity contribution in [3.05, 3.63) is 101 Å². The van der Waals surface area contributed by atoms with Crippen molar-refractivity contribution in [2.24, 2.45) is 0 Å². The highest BCUT2D eigenvalue weighted by Crippen LogP contribution is 2.28. The van der Waals surface area contributed by atoms with Crippen molar-refractivity contribution in [2.45, 2.75) is 39.8 Å². The van der Waals surface area contributed by atoms with Crippen molar-refractivity contribution in [3.63, 3.8) is 0 Å². The lowest BCUT2D eigenvalue weighted by Crippen LogP contribution is -2.49. The fourth-order valence-electron chi connectivity index (χ4n) is 3.76. The van der Waals surface area contributed by atoms with Crippen LogP contribution in [0.25, 0.3) is 0 Å². The van der Waals surface area contributed by atoms with E-state index < -0.39 is 22.1 Å². The minimum atomic E-state index is -3.70. The summed E-state index contributed by atoms with van der Waals surface area (Å²) in [5.41, 5.74) is 5.21. The number of rotatable bonds is 7. The van der Waals surface area contributed by atoms with Crippen LogP contribution in [0.2, 0.25) is 0 Å². The lowest BCUT2D eigenvalue weighted by molar-refractivity contribution is -0.122. The van der Waals surface area contributed by atoms with Gasteiger partial charge in [-0.25, -0.2) is 8.42 Å². The van der Waals surface area contributed by atoms with Gasteiger partial charge in [-0.05, 0) is 56.0 Å². The lowest BCUT2D eigenvalue weighted by atomic mass is 9.97. The number of nitrogens with one attached hydrogen (secondary N) is 1. The van der Waals surface area contributed by atoms with E-state index in [9.17, 15) is 13.2 Å². The summed E-state index contributed by atoms with van der Waals surface area (Å²) in [6, 6.07) is 21.9. The Hall–Kier alpha value is -3.12. The smallest absolute Gasteiger partial charge is 0.244 e. The molecule has 1 N–H and O–H groups in total. The normalized spacial score (nSPS) is 13.3. The molecular weight excluding hydrogens is 420 g/mol. The molecule has 0 radical (unpaired) electrons. The maximum absolute atomic E-state index is 13.4. The Morgan fingerprint density at radius 1 is 0.844 bits per heavy atom. The third kappa shape index (κ3) is 5.37. The third-order valence-corrected chi connectivity index (χ3v) is 6.75. The Labute approximate surface area is 191 Å². The highest BCUT2D eigenvalue weighted by molar-refractivity contribution is 7.92. The molecule has 0 saturated heterocycles. The van der Waals surface area contributed by atoms with Crippen molar-refractivity contribution in [1.29, 1.82) is 0 Å². The van der Waals surface area contributed by atoms with Gasteiger partial charge in [0.2, 0.25) is 15.9 Å². The van der Waals surface area contributed by atoms with Gasteiger partial charge in [-0.1, -0.05) is 72.3 Å². The van der Waals surface area contributed by atoms with Crippen LogP contribution in [0.5, 0.6) is 0 Å². The molecule has 0 fully saturated rings. The summed E-state index contributed by atoms with van der Waals surface area (Å²) in [6.07, 6.45) is 1.13. The molecule has 0 saturated carbocycles. The van der Waals surface area contributed by atoms with Crippen LogP contribution in [0.3, 0.4) is 0 Å². The number of amides is 1. The second-order valence-corrected chi connectivity index (χ2v) is 10.1.